The van der Waals surface area contributed by atoms with Crippen LogP contribution in [0, 0.1) is 13.8 Å². The second kappa shape index (κ2) is 7.88. The van der Waals surface area contributed by atoms with Crippen LogP contribution >= 0.6 is 0 Å². The van der Waals surface area contributed by atoms with E-state index in [9.17, 15) is 19.5 Å². The van der Waals surface area contributed by atoms with Crippen LogP contribution in [0.25, 0.3) is 21.9 Å². The topological polar surface area (TPSA) is 110 Å². The molecule has 148 valence electrons. The lowest BCUT2D eigenvalue weighted by Gasteiger charge is -2.14. The molecule has 0 aliphatic heterocycles. The number of carbonyl (C=O) groups excluding carboxylic acids is 1. The number of carboxylic acid groups (broad SMARTS) is 1. The fourth-order valence-corrected chi connectivity index (χ4v) is 3.31. The van der Waals surface area contributed by atoms with Gasteiger partial charge in [-0.05, 0) is 37.5 Å². The first-order valence-corrected chi connectivity index (χ1v) is 9.28. The molecule has 28 heavy (non-hydrogen) atoms. The smallest absolute Gasteiger partial charge is 0.340 e. The van der Waals surface area contributed by atoms with Crippen molar-refractivity contribution in [3.05, 3.63) is 45.5 Å². The molecule has 0 fully saturated rings. The predicted octanol–water partition coefficient (Wildman–Crippen LogP) is 3.46. The van der Waals surface area contributed by atoms with Crippen molar-refractivity contribution in [2.24, 2.45) is 0 Å². The summed E-state index contributed by atoms with van der Waals surface area (Å²) in [6, 6.07) is 2.58. The highest BCUT2D eigenvalue weighted by atomic mass is 16.4. The minimum Gasteiger partial charge on any atom is -0.480 e. The molecule has 1 atom stereocenters. The molecule has 0 saturated heterocycles. The Kier molecular flexibility index (Phi) is 5.53. The Morgan fingerprint density at radius 2 is 1.93 bits per heavy atom. The van der Waals surface area contributed by atoms with Crippen LogP contribution in [-0.4, -0.2) is 23.0 Å². The van der Waals surface area contributed by atoms with Gasteiger partial charge >= 0.3 is 11.6 Å². The standard InChI is InChI=1S/C21H23NO6/c1-4-5-6-16(20(24)25)22-19(23)8-15-12(3)14-7-13-11(2)10-27-17(13)9-18(14)28-21(15)26/h7,9-10,16H,4-6,8H2,1-3H3,(H,22,23)(H,24,25)/t16-/m0/s1. The van der Waals surface area contributed by atoms with Crippen LogP contribution in [0.4, 0.5) is 0 Å². The van der Waals surface area contributed by atoms with Crippen molar-refractivity contribution in [2.75, 3.05) is 0 Å². The summed E-state index contributed by atoms with van der Waals surface area (Å²) in [5.41, 5.74) is 2.23. The van der Waals surface area contributed by atoms with Gasteiger partial charge in [0.25, 0.3) is 0 Å². The quantitative estimate of drug-likeness (QED) is 0.603. The predicted molar refractivity (Wildman–Crippen MR) is 105 cm³/mol. The number of nitrogens with one attached hydrogen (secondary N) is 1. The van der Waals surface area contributed by atoms with Gasteiger partial charge in [0.2, 0.25) is 5.91 Å². The molecule has 1 amide bonds. The summed E-state index contributed by atoms with van der Waals surface area (Å²) in [7, 11) is 0. The molecular weight excluding hydrogens is 362 g/mol. The zero-order chi connectivity index (χ0) is 20.4. The van der Waals surface area contributed by atoms with Gasteiger partial charge in [0, 0.05) is 16.8 Å². The first kappa shape index (κ1) is 19.7. The third-order valence-corrected chi connectivity index (χ3v) is 4.99. The average molecular weight is 385 g/mol. The third kappa shape index (κ3) is 3.78. The first-order chi connectivity index (χ1) is 13.3. The van der Waals surface area contributed by atoms with Crippen molar-refractivity contribution in [3.8, 4) is 0 Å². The van der Waals surface area contributed by atoms with Crippen molar-refractivity contribution in [3.63, 3.8) is 0 Å². The highest BCUT2D eigenvalue weighted by Crippen LogP contribution is 2.28. The van der Waals surface area contributed by atoms with E-state index in [1.807, 2.05) is 19.9 Å². The number of amides is 1. The lowest BCUT2D eigenvalue weighted by atomic mass is 10.0. The molecular formula is C21H23NO6. The number of carboxylic acids is 1. The molecule has 2 N–H and O–H groups in total. The fourth-order valence-electron chi connectivity index (χ4n) is 3.31. The lowest BCUT2D eigenvalue weighted by Crippen LogP contribution is -2.42. The van der Waals surface area contributed by atoms with Gasteiger partial charge in [-0.25, -0.2) is 9.59 Å². The van der Waals surface area contributed by atoms with Crippen molar-refractivity contribution in [1.82, 2.24) is 5.32 Å². The third-order valence-electron chi connectivity index (χ3n) is 4.99. The Balaban J connectivity index is 1.92. The van der Waals surface area contributed by atoms with Gasteiger partial charge in [0.15, 0.2) is 0 Å². The highest BCUT2D eigenvalue weighted by molar-refractivity contribution is 5.96. The number of carbonyl (C=O) groups is 2. The molecule has 0 saturated carbocycles. The normalized spacial score (nSPS) is 12.4. The number of aliphatic carboxylic acids is 1. The van der Waals surface area contributed by atoms with Crippen LogP contribution < -0.4 is 10.9 Å². The second-order valence-corrected chi connectivity index (χ2v) is 7.03. The summed E-state index contributed by atoms with van der Waals surface area (Å²) in [6.07, 6.45) is 3.26. The Hall–Kier alpha value is -3.09. The number of hydrogen-bond acceptors (Lipinski definition) is 5. The summed E-state index contributed by atoms with van der Waals surface area (Å²) in [4.78, 5) is 36.1. The fraction of sp³-hybridized carbons (Fsp3) is 0.381. The minimum atomic E-state index is -1.08. The van der Waals surface area contributed by atoms with Gasteiger partial charge in [0.05, 0.1) is 18.2 Å². The maximum absolute atomic E-state index is 12.4. The Morgan fingerprint density at radius 3 is 2.61 bits per heavy atom. The largest absolute Gasteiger partial charge is 0.480 e. The van der Waals surface area contributed by atoms with E-state index in [4.69, 9.17) is 8.83 Å². The molecule has 1 aromatic carbocycles. The maximum atomic E-state index is 12.4. The Labute approximate surface area is 161 Å². The lowest BCUT2D eigenvalue weighted by molar-refractivity contribution is -0.142. The monoisotopic (exact) mass is 385 g/mol. The van der Waals surface area contributed by atoms with Crippen molar-refractivity contribution >= 4 is 33.8 Å². The van der Waals surface area contributed by atoms with Gasteiger partial charge in [-0.1, -0.05) is 19.8 Å². The average Bonchev–Trinajstić information content (AvgIpc) is 3.00. The Bertz CT molecular complexity index is 1110. The zero-order valence-corrected chi connectivity index (χ0v) is 16.1. The van der Waals surface area contributed by atoms with Gasteiger partial charge in [0.1, 0.15) is 17.2 Å². The molecule has 2 heterocycles. The van der Waals surface area contributed by atoms with E-state index < -0.39 is 23.5 Å². The van der Waals surface area contributed by atoms with Gasteiger partial charge in [-0.15, -0.1) is 0 Å². The molecule has 3 aromatic rings. The van der Waals surface area contributed by atoms with Crippen molar-refractivity contribution in [2.45, 2.75) is 52.5 Å². The maximum Gasteiger partial charge on any atom is 0.340 e. The van der Waals surface area contributed by atoms with Crippen LogP contribution in [0.3, 0.4) is 0 Å². The second-order valence-electron chi connectivity index (χ2n) is 7.03. The van der Waals surface area contributed by atoms with E-state index in [-0.39, 0.29) is 12.0 Å². The number of rotatable bonds is 7. The number of unbranched alkanes of at least 4 members (excludes halogenated alkanes) is 1. The summed E-state index contributed by atoms with van der Waals surface area (Å²) in [5.74, 6) is -1.60. The molecule has 0 radical (unpaired) electrons. The number of aryl methyl sites for hydroxylation is 2. The first-order valence-electron chi connectivity index (χ1n) is 9.28. The molecule has 3 rings (SSSR count). The van der Waals surface area contributed by atoms with Crippen molar-refractivity contribution in [1.29, 1.82) is 0 Å². The van der Waals surface area contributed by atoms with E-state index in [1.54, 1.807) is 19.3 Å². The van der Waals surface area contributed by atoms with E-state index >= 15 is 0 Å². The minimum absolute atomic E-state index is 0.227. The molecule has 0 spiro atoms. The summed E-state index contributed by atoms with van der Waals surface area (Å²) in [6.45, 7) is 5.63. The van der Waals surface area contributed by atoms with Crippen LogP contribution in [0.1, 0.15) is 42.9 Å². The molecule has 7 nitrogen and oxygen atoms in total. The van der Waals surface area contributed by atoms with Crippen LogP contribution in [0.2, 0.25) is 0 Å². The molecule has 7 heteroatoms. The van der Waals surface area contributed by atoms with Gasteiger partial charge < -0.3 is 19.3 Å². The number of fused-ring (bicyclic) bond motifs is 2. The van der Waals surface area contributed by atoms with Gasteiger partial charge in [-0.2, -0.15) is 0 Å². The highest BCUT2D eigenvalue weighted by Gasteiger charge is 2.22. The van der Waals surface area contributed by atoms with Crippen molar-refractivity contribution < 1.29 is 23.5 Å². The summed E-state index contributed by atoms with van der Waals surface area (Å²) < 4.78 is 10.8. The molecule has 0 unspecified atom stereocenters. The SMILES string of the molecule is CCCC[C@H](NC(=O)Cc1c(C)c2cc3c(C)coc3cc2oc1=O)C(=O)O. The Morgan fingerprint density at radius 1 is 1.18 bits per heavy atom. The van der Waals surface area contributed by atoms with Crippen LogP contribution in [0.15, 0.2) is 32.0 Å². The van der Waals surface area contributed by atoms with E-state index in [0.717, 1.165) is 22.8 Å². The van der Waals surface area contributed by atoms with E-state index in [0.29, 0.717) is 29.6 Å². The zero-order valence-electron chi connectivity index (χ0n) is 16.1. The number of furan rings is 1. The van der Waals surface area contributed by atoms with Gasteiger partial charge in [-0.3, -0.25) is 4.79 Å². The number of benzene rings is 1. The number of hydrogen-bond donors (Lipinski definition) is 2. The van der Waals surface area contributed by atoms with Crippen LogP contribution in [-0.2, 0) is 16.0 Å². The molecule has 2 aromatic heterocycles. The van der Waals surface area contributed by atoms with Crippen LogP contribution in [0.5, 0.6) is 0 Å². The summed E-state index contributed by atoms with van der Waals surface area (Å²) in [5, 5.41) is 13.4. The molecule has 0 aliphatic carbocycles. The van der Waals surface area contributed by atoms with E-state index in [1.165, 1.54) is 0 Å². The molecule has 0 bridgehead atoms. The molecule has 0 aliphatic rings. The summed E-state index contributed by atoms with van der Waals surface area (Å²) >= 11 is 0. The van der Waals surface area contributed by atoms with E-state index in [2.05, 4.69) is 5.32 Å².